The van der Waals surface area contributed by atoms with E-state index in [1.54, 1.807) is 6.92 Å². The van der Waals surface area contributed by atoms with Gasteiger partial charge in [-0.2, -0.15) is 0 Å². The summed E-state index contributed by atoms with van der Waals surface area (Å²) in [4.78, 5) is 2.34. The fourth-order valence-electron chi connectivity index (χ4n) is 3.04. The maximum atomic E-state index is 9.62. The molecule has 1 saturated carbocycles. The van der Waals surface area contributed by atoms with E-state index in [1.807, 2.05) is 12.1 Å². The van der Waals surface area contributed by atoms with Crippen LogP contribution in [0.25, 0.3) is 0 Å². The number of aliphatic hydroxyl groups is 1. The van der Waals surface area contributed by atoms with Gasteiger partial charge in [0.1, 0.15) is 0 Å². The van der Waals surface area contributed by atoms with Gasteiger partial charge in [-0.1, -0.05) is 37.4 Å². The van der Waals surface area contributed by atoms with Gasteiger partial charge in [0.15, 0.2) is 0 Å². The molecular formula is C16H24ClNO. The van der Waals surface area contributed by atoms with Crippen LogP contribution in [0, 0.1) is 5.92 Å². The van der Waals surface area contributed by atoms with Crippen molar-refractivity contribution in [1.29, 1.82) is 0 Å². The number of benzene rings is 1. The Labute approximate surface area is 121 Å². The highest BCUT2D eigenvalue weighted by atomic mass is 35.5. The monoisotopic (exact) mass is 281 g/mol. The van der Waals surface area contributed by atoms with E-state index < -0.39 is 6.10 Å². The van der Waals surface area contributed by atoms with Gasteiger partial charge < -0.3 is 10.0 Å². The highest BCUT2D eigenvalue weighted by Crippen LogP contribution is 2.32. The normalized spacial score (nSPS) is 25.1. The van der Waals surface area contributed by atoms with Gasteiger partial charge in [0.2, 0.25) is 0 Å². The van der Waals surface area contributed by atoms with E-state index in [0.29, 0.717) is 11.1 Å². The Kier molecular flexibility index (Phi) is 4.75. The highest BCUT2D eigenvalue weighted by Gasteiger charge is 2.23. The SMILES string of the molecule is CC1CCCC(N(C)c2ccc(C(C)O)c(Cl)c2)C1. The third-order valence-electron chi connectivity index (χ3n) is 4.30. The van der Waals surface area contributed by atoms with Gasteiger partial charge in [-0.3, -0.25) is 0 Å². The number of rotatable bonds is 3. The molecule has 1 aliphatic carbocycles. The molecular weight excluding hydrogens is 258 g/mol. The first kappa shape index (κ1) is 14.7. The summed E-state index contributed by atoms with van der Waals surface area (Å²) in [5.41, 5.74) is 1.95. The largest absolute Gasteiger partial charge is 0.389 e. The second-order valence-electron chi connectivity index (χ2n) is 5.92. The predicted molar refractivity (Wildman–Crippen MR) is 81.9 cm³/mol. The zero-order chi connectivity index (χ0) is 14.0. The van der Waals surface area contributed by atoms with Gasteiger partial charge in [-0.15, -0.1) is 0 Å². The molecule has 0 bridgehead atoms. The van der Waals surface area contributed by atoms with Crippen molar-refractivity contribution in [3.8, 4) is 0 Å². The lowest BCUT2D eigenvalue weighted by atomic mass is 9.86. The number of hydrogen-bond donors (Lipinski definition) is 1. The third-order valence-corrected chi connectivity index (χ3v) is 4.63. The second-order valence-corrected chi connectivity index (χ2v) is 6.33. The van der Waals surface area contributed by atoms with Crippen LogP contribution in [0.15, 0.2) is 18.2 Å². The highest BCUT2D eigenvalue weighted by molar-refractivity contribution is 6.31. The smallest absolute Gasteiger partial charge is 0.0776 e. The molecule has 1 aromatic carbocycles. The first-order valence-corrected chi connectivity index (χ1v) is 7.57. The summed E-state index contributed by atoms with van der Waals surface area (Å²) in [5.74, 6) is 0.813. The molecule has 0 amide bonds. The molecule has 0 spiro atoms. The molecule has 3 unspecified atom stereocenters. The molecule has 1 N–H and O–H groups in total. The molecule has 0 aromatic heterocycles. The average Bonchev–Trinajstić information content (AvgIpc) is 2.37. The third kappa shape index (κ3) is 3.43. The van der Waals surface area contributed by atoms with E-state index in [0.717, 1.165) is 17.2 Å². The Morgan fingerprint density at radius 2 is 2.11 bits per heavy atom. The summed E-state index contributed by atoms with van der Waals surface area (Å²) >= 11 is 6.25. The van der Waals surface area contributed by atoms with E-state index in [9.17, 15) is 5.11 Å². The first-order chi connectivity index (χ1) is 8.99. The Hall–Kier alpha value is -0.730. The predicted octanol–water partition coefficient (Wildman–Crippen LogP) is 4.41. The molecule has 106 valence electrons. The Morgan fingerprint density at radius 3 is 2.68 bits per heavy atom. The van der Waals surface area contributed by atoms with Gasteiger partial charge in [0, 0.05) is 23.8 Å². The second kappa shape index (κ2) is 6.15. The zero-order valence-corrected chi connectivity index (χ0v) is 12.8. The van der Waals surface area contributed by atoms with Crippen molar-refractivity contribution >= 4 is 17.3 Å². The van der Waals surface area contributed by atoms with E-state index in [1.165, 1.54) is 25.7 Å². The van der Waals surface area contributed by atoms with Crippen molar-refractivity contribution in [3.05, 3.63) is 28.8 Å². The lowest BCUT2D eigenvalue weighted by molar-refractivity contribution is 0.199. The van der Waals surface area contributed by atoms with Crippen molar-refractivity contribution in [2.24, 2.45) is 5.92 Å². The fraction of sp³-hybridized carbons (Fsp3) is 0.625. The van der Waals surface area contributed by atoms with Crippen molar-refractivity contribution in [2.45, 2.75) is 51.7 Å². The molecule has 3 atom stereocenters. The summed E-state index contributed by atoms with van der Waals surface area (Å²) in [5, 5.41) is 10.3. The molecule has 2 rings (SSSR count). The van der Waals surface area contributed by atoms with Gasteiger partial charge >= 0.3 is 0 Å². The van der Waals surface area contributed by atoms with E-state index in [4.69, 9.17) is 11.6 Å². The lowest BCUT2D eigenvalue weighted by Gasteiger charge is -2.35. The quantitative estimate of drug-likeness (QED) is 0.887. The fourth-order valence-corrected chi connectivity index (χ4v) is 3.37. The minimum atomic E-state index is -0.512. The van der Waals surface area contributed by atoms with Crippen LogP contribution in [0.4, 0.5) is 5.69 Å². The van der Waals surface area contributed by atoms with Crippen LogP contribution in [0.2, 0.25) is 5.02 Å². The summed E-state index contributed by atoms with van der Waals surface area (Å²) in [6.07, 6.45) is 4.67. The maximum absolute atomic E-state index is 9.62. The van der Waals surface area contributed by atoms with Gasteiger partial charge in [-0.25, -0.2) is 0 Å². The molecule has 0 aliphatic heterocycles. The van der Waals surface area contributed by atoms with E-state index in [-0.39, 0.29) is 0 Å². The van der Waals surface area contributed by atoms with Crippen LogP contribution in [0.1, 0.15) is 51.2 Å². The van der Waals surface area contributed by atoms with Crippen molar-refractivity contribution in [2.75, 3.05) is 11.9 Å². The van der Waals surface area contributed by atoms with Gasteiger partial charge in [0.05, 0.1) is 6.10 Å². The van der Waals surface area contributed by atoms with Gasteiger partial charge in [0.25, 0.3) is 0 Å². The van der Waals surface area contributed by atoms with Crippen molar-refractivity contribution < 1.29 is 5.11 Å². The number of anilines is 1. The summed E-state index contributed by atoms with van der Waals surface area (Å²) in [7, 11) is 2.15. The number of hydrogen-bond acceptors (Lipinski definition) is 2. The molecule has 1 aliphatic rings. The molecule has 3 heteroatoms. The lowest BCUT2D eigenvalue weighted by Crippen LogP contribution is -2.35. The van der Waals surface area contributed by atoms with Crippen LogP contribution >= 0.6 is 11.6 Å². The molecule has 0 radical (unpaired) electrons. The zero-order valence-electron chi connectivity index (χ0n) is 12.1. The van der Waals surface area contributed by atoms with Crippen molar-refractivity contribution in [3.63, 3.8) is 0 Å². The topological polar surface area (TPSA) is 23.5 Å². The standard InChI is InChI=1S/C16H24ClNO/c1-11-5-4-6-13(9-11)18(3)14-7-8-15(12(2)19)16(17)10-14/h7-8,10-13,19H,4-6,9H2,1-3H3. The average molecular weight is 282 g/mol. The van der Waals surface area contributed by atoms with Crippen LogP contribution in [0.5, 0.6) is 0 Å². The number of halogens is 1. The Morgan fingerprint density at radius 1 is 1.37 bits per heavy atom. The number of aliphatic hydroxyl groups excluding tert-OH is 1. The summed E-state index contributed by atoms with van der Waals surface area (Å²) in [6.45, 7) is 4.08. The summed E-state index contributed by atoms with van der Waals surface area (Å²) in [6, 6.07) is 6.58. The van der Waals surface area contributed by atoms with Crippen molar-refractivity contribution in [1.82, 2.24) is 0 Å². The van der Waals surface area contributed by atoms with E-state index in [2.05, 4.69) is 24.9 Å². The molecule has 2 nitrogen and oxygen atoms in total. The van der Waals surface area contributed by atoms with Crippen LogP contribution in [-0.4, -0.2) is 18.2 Å². The molecule has 0 saturated heterocycles. The Bertz CT molecular complexity index is 433. The van der Waals surface area contributed by atoms with E-state index >= 15 is 0 Å². The molecule has 1 fully saturated rings. The minimum absolute atomic E-state index is 0.512. The molecule has 19 heavy (non-hydrogen) atoms. The first-order valence-electron chi connectivity index (χ1n) is 7.19. The Balaban J connectivity index is 2.15. The molecule has 1 aromatic rings. The van der Waals surface area contributed by atoms with Crippen LogP contribution in [-0.2, 0) is 0 Å². The van der Waals surface area contributed by atoms with Crippen LogP contribution < -0.4 is 4.90 Å². The maximum Gasteiger partial charge on any atom is 0.0776 e. The van der Waals surface area contributed by atoms with Gasteiger partial charge in [-0.05, 0) is 43.4 Å². The summed E-state index contributed by atoms with van der Waals surface area (Å²) < 4.78 is 0. The number of nitrogens with zero attached hydrogens (tertiary/aromatic N) is 1. The minimum Gasteiger partial charge on any atom is -0.389 e. The molecule has 0 heterocycles. The van der Waals surface area contributed by atoms with Crippen LogP contribution in [0.3, 0.4) is 0 Å².